The number of nitriles is 1. The molecule has 0 spiro atoms. The number of hydrogen-bond acceptors (Lipinski definition) is 6. The molecule has 3 heterocycles. The summed E-state index contributed by atoms with van der Waals surface area (Å²) in [6.07, 6.45) is 1.72. The third kappa shape index (κ3) is 5.03. The minimum absolute atomic E-state index is 0.171. The number of amides is 1. The van der Waals surface area contributed by atoms with E-state index in [9.17, 15) is 18.5 Å². The van der Waals surface area contributed by atoms with Crippen LogP contribution < -0.4 is 10.6 Å². The topological polar surface area (TPSA) is 102 Å². The lowest BCUT2D eigenvalue weighted by Crippen LogP contribution is -2.54. The van der Waals surface area contributed by atoms with Gasteiger partial charge in [0.1, 0.15) is 11.1 Å². The highest BCUT2D eigenvalue weighted by Crippen LogP contribution is 2.44. The molecule has 0 aliphatic carbocycles. The van der Waals surface area contributed by atoms with Gasteiger partial charge in [-0.1, -0.05) is 13.8 Å². The third-order valence-corrected chi connectivity index (χ3v) is 10.1. The van der Waals surface area contributed by atoms with E-state index in [2.05, 4.69) is 58.2 Å². The Labute approximate surface area is 212 Å². The van der Waals surface area contributed by atoms with Crippen LogP contribution in [-0.4, -0.2) is 37.3 Å². The summed E-state index contributed by atoms with van der Waals surface area (Å²) < 4.78 is 27.8. The van der Waals surface area contributed by atoms with Crippen LogP contribution in [0.5, 0.6) is 0 Å². The Kier molecular flexibility index (Phi) is 6.64. The second-order valence-corrected chi connectivity index (χ2v) is 14.2. The number of benzene rings is 1. The Balaban J connectivity index is 1.56. The number of fused-ring (bicyclic) bond motifs is 1. The number of carbonyl (C=O) groups is 1. The zero-order chi connectivity index (χ0) is 25.8. The first-order valence-corrected chi connectivity index (χ1v) is 14.3. The van der Waals surface area contributed by atoms with Crippen LogP contribution in [0, 0.1) is 23.2 Å². The SMILES string of the molecule is CC1CC(C)CN(S(=O)(=O)c2ccc(C(=O)Nc3sc4c(c3C#N)CC(C)(C)NC4(C)C)cc2)C1. The maximum absolute atomic E-state index is 13.1. The van der Waals surface area contributed by atoms with E-state index < -0.39 is 10.0 Å². The minimum Gasteiger partial charge on any atom is -0.312 e. The van der Waals surface area contributed by atoms with Gasteiger partial charge in [0.05, 0.1) is 10.5 Å². The van der Waals surface area contributed by atoms with Gasteiger partial charge in [-0.2, -0.15) is 9.57 Å². The quantitative estimate of drug-likeness (QED) is 0.616. The molecule has 1 aromatic heterocycles. The molecule has 9 heteroatoms. The van der Waals surface area contributed by atoms with Crippen molar-refractivity contribution in [1.82, 2.24) is 9.62 Å². The van der Waals surface area contributed by atoms with Crippen LogP contribution in [0.15, 0.2) is 29.2 Å². The number of sulfonamides is 1. The first kappa shape index (κ1) is 25.8. The van der Waals surface area contributed by atoms with Crippen molar-refractivity contribution in [3.63, 3.8) is 0 Å². The maximum atomic E-state index is 13.1. The highest BCUT2D eigenvalue weighted by molar-refractivity contribution is 7.89. The highest BCUT2D eigenvalue weighted by atomic mass is 32.2. The smallest absolute Gasteiger partial charge is 0.256 e. The van der Waals surface area contributed by atoms with Gasteiger partial charge in [0, 0.05) is 34.6 Å². The van der Waals surface area contributed by atoms with E-state index in [4.69, 9.17) is 0 Å². The monoisotopic (exact) mass is 514 g/mol. The van der Waals surface area contributed by atoms with E-state index in [1.165, 1.54) is 35.6 Å². The molecule has 35 heavy (non-hydrogen) atoms. The fourth-order valence-electron chi connectivity index (χ4n) is 5.64. The van der Waals surface area contributed by atoms with Crippen LogP contribution in [0.3, 0.4) is 0 Å². The molecule has 2 aliphatic rings. The van der Waals surface area contributed by atoms with Crippen LogP contribution in [0.25, 0.3) is 0 Å². The van der Waals surface area contributed by atoms with Crippen LogP contribution in [-0.2, 0) is 22.0 Å². The molecule has 7 nitrogen and oxygen atoms in total. The predicted molar refractivity (Wildman–Crippen MR) is 139 cm³/mol. The number of rotatable bonds is 4. The Morgan fingerprint density at radius 2 is 1.74 bits per heavy atom. The van der Waals surface area contributed by atoms with E-state index in [0.717, 1.165) is 16.9 Å². The molecule has 4 rings (SSSR count). The van der Waals surface area contributed by atoms with E-state index in [1.807, 2.05) is 0 Å². The van der Waals surface area contributed by atoms with Crippen molar-refractivity contribution < 1.29 is 13.2 Å². The summed E-state index contributed by atoms with van der Waals surface area (Å²) in [5, 5.41) is 16.9. The Morgan fingerprint density at radius 3 is 2.31 bits per heavy atom. The lowest BCUT2D eigenvalue weighted by Gasteiger charge is -2.42. The molecule has 0 bridgehead atoms. The van der Waals surface area contributed by atoms with Crippen molar-refractivity contribution in [2.75, 3.05) is 18.4 Å². The van der Waals surface area contributed by atoms with Crippen LogP contribution in [0.4, 0.5) is 5.00 Å². The number of hydrogen-bond donors (Lipinski definition) is 2. The van der Waals surface area contributed by atoms with Crippen LogP contribution >= 0.6 is 11.3 Å². The van der Waals surface area contributed by atoms with Crippen molar-refractivity contribution in [3.8, 4) is 6.07 Å². The fraction of sp³-hybridized carbons (Fsp3) is 0.538. The van der Waals surface area contributed by atoms with Gasteiger partial charge < -0.3 is 10.6 Å². The van der Waals surface area contributed by atoms with E-state index in [-0.39, 0.29) is 21.9 Å². The molecule has 188 valence electrons. The molecule has 2 unspecified atom stereocenters. The number of piperidine rings is 1. The summed E-state index contributed by atoms with van der Waals surface area (Å²) in [4.78, 5) is 14.3. The lowest BCUT2D eigenvalue weighted by atomic mass is 9.81. The van der Waals surface area contributed by atoms with E-state index >= 15 is 0 Å². The summed E-state index contributed by atoms with van der Waals surface area (Å²) in [6.45, 7) is 13.5. The van der Waals surface area contributed by atoms with Crippen LogP contribution in [0.2, 0.25) is 0 Å². The van der Waals surface area contributed by atoms with Gasteiger partial charge in [0.2, 0.25) is 10.0 Å². The summed E-state index contributed by atoms with van der Waals surface area (Å²) in [5.74, 6) is 0.264. The van der Waals surface area contributed by atoms with Gasteiger partial charge in [-0.25, -0.2) is 8.42 Å². The van der Waals surface area contributed by atoms with Gasteiger partial charge in [0.15, 0.2) is 0 Å². The summed E-state index contributed by atoms with van der Waals surface area (Å²) in [7, 11) is -3.61. The molecule has 2 N–H and O–H groups in total. The number of carbonyl (C=O) groups excluding carboxylic acids is 1. The molecule has 1 aromatic carbocycles. The number of nitrogens with zero attached hydrogens (tertiary/aromatic N) is 2. The first-order valence-electron chi connectivity index (χ1n) is 12.0. The van der Waals surface area contributed by atoms with Gasteiger partial charge >= 0.3 is 0 Å². The van der Waals surface area contributed by atoms with Gasteiger partial charge in [0.25, 0.3) is 5.91 Å². The molecule has 2 atom stereocenters. The number of anilines is 1. The minimum atomic E-state index is -3.61. The molecule has 2 aromatic rings. The molecule has 1 fully saturated rings. The Hall–Kier alpha value is -2.25. The fourth-order valence-corrected chi connectivity index (χ4v) is 8.54. The van der Waals surface area contributed by atoms with Crippen molar-refractivity contribution >= 4 is 32.3 Å². The number of nitrogens with one attached hydrogen (secondary N) is 2. The summed E-state index contributed by atoms with van der Waals surface area (Å²) in [5.41, 5.74) is 1.34. The maximum Gasteiger partial charge on any atom is 0.256 e. The zero-order valence-electron chi connectivity index (χ0n) is 21.2. The molecule has 0 saturated carbocycles. The third-order valence-electron chi connectivity index (χ3n) is 6.77. The van der Waals surface area contributed by atoms with Crippen LogP contribution in [0.1, 0.15) is 74.3 Å². The van der Waals surface area contributed by atoms with Gasteiger partial charge in [-0.15, -0.1) is 11.3 Å². The average Bonchev–Trinajstić information content (AvgIpc) is 3.09. The van der Waals surface area contributed by atoms with E-state index in [0.29, 0.717) is 47.5 Å². The molecule has 1 amide bonds. The molecule has 1 saturated heterocycles. The molecular formula is C26H34N4O3S2. The average molecular weight is 515 g/mol. The second-order valence-electron chi connectivity index (χ2n) is 11.3. The Bertz CT molecular complexity index is 1280. The zero-order valence-corrected chi connectivity index (χ0v) is 22.9. The standard InChI is InChI=1S/C26H34N4O3S2/c1-16-11-17(2)15-30(14-16)35(32,33)19-9-7-18(8-10-19)23(31)28-24-21(13-27)20-12-25(3,4)29-26(5,6)22(20)34-24/h7-10,16-17,29H,11-12,14-15H2,1-6H3,(H,28,31). The molecule has 2 aliphatic heterocycles. The molecular weight excluding hydrogens is 480 g/mol. The highest BCUT2D eigenvalue weighted by Gasteiger charge is 2.40. The first-order chi connectivity index (χ1) is 16.2. The number of thiophene rings is 1. The normalized spacial score (nSPS) is 23.8. The lowest BCUT2D eigenvalue weighted by molar-refractivity contribution is 0.102. The Morgan fingerprint density at radius 1 is 1.14 bits per heavy atom. The second kappa shape index (κ2) is 9.00. The van der Waals surface area contributed by atoms with Crippen molar-refractivity contribution in [1.29, 1.82) is 5.26 Å². The predicted octanol–water partition coefficient (Wildman–Crippen LogP) is 4.70. The van der Waals surface area contributed by atoms with E-state index in [1.54, 1.807) is 4.31 Å². The summed E-state index contributed by atoms with van der Waals surface area (Å²) >= 11 is 1.42. The van der Waals surface area contributed by atoms with Crippen molar-refractivity contribution in [2.45, 2.75) is 70.4 Å². The van der Waals surface area contributed by atoms with Crippen molar-refractivity contribution in [2.24, 2.45) is 11.8 Å². The largest absolute Gasteiger partial charge is 0.312 e. The van der Waals surface area contributed by atoms with Gasteiger partial charge in [-0.3, -0.25) is 4.79 Å². The van der Waals surface area contributed by atoms with Crippen molar-refractivity contribution in [3.05, 3.63) is 45.8 Å². The summed E-state index contributed by atoms with van der Waals surface area (Å²) in [6, 6.07) is 8.35. The molecule has 0 radical (unpaired) electrons. The van der Waals surface area contributed by atoms with Gasteiger partial charge in [-0.05, 0) is 82.2 Å².